The molecule has 0 aromatic heterocycles. The summed E-state index contributed by atoms with van der Waals surface area (Å²) in [5, 5.41) is 12.1. The van der Waals surface area contributed by atoms with Gasteiger partial charge in [0.25, 0.3) is 0 Å². The Balaban J connectivity index is 1.80. The van der Waals surface area contributed by atoms with Gasteiger partial charge < -0.3 is 14.6 Å². The minimum Gasteiger partial charge on any atom is -0.410 e. The topological polar surface area (TPSA) is 54.3 Å². The molecule has 2 aromatic rings. The van der Waals surface area contributed by atoms with Crippen molar-refractivity contribution in [3.63, 3.8) is 0 Å². The van der Waals surface area contributed by atoms with Crippen LogP contribution in [0.15, 0.2) is 42.5 Å². The van der Waals surface area contributed by atoms with Gasteiger partial charge in [0.1, 0.15) is 0 Å². The van der Waals surface area contributed by atoms with Crippen LogP contribution in [0.5, 0.6) is 0 Å². The molecule has 0 bridgehead atoms. The predicted octanol–water partition coefficient (Wildman–Crippen LogP) is 2.17. The van der Waals surface area contributed by atoms with Crippen molar-refractivity contribution in [2.45, 2.75) is 6.61 Å². The molecule has 0 saturated carbocycles. The van der Waals surface area contributed by atoms with Gasteiger partial charge in [-0.25, -0.2) is 0 Å². The van der Waals surface area contributed by atoms with Crippen LogP contribution in [0.3, 0.4) is 0 Å². The molecule has 0 atom stereocenters. The summed E-state index contributed by atoms with van der Waals surface area (Å²) in [6.07, 6.45) is 0. The van der Waals surface area contributed by atoms with Gasteiger partial charge in [0.05, 0.1) is 18.2 Å². The van der Waals surface area contributed by atoms with Crippen molar-refractivity contribution in [2.24, 2.45) is 0 Å². The zero-order valence-corrected chi connectivity index (χ0v) is 11.1. The van der Waals surface area contributed by atoms with Crippen LogP contribution in [0.25, 0.3) is 0 Å². The Kier molecular flexibility index (Phi) is 3.42. The normalized spacial score (nSPS) is 12.9. The van der Waals surface area contributed by atoms with E-state index >= 15 is 0 Å². The zero-order chi connectivity index (χ0) is 13.9. The number of hydrogen-bond acceptors (Lipinski definition) is 4. The molecule has 98 valence electrons. The number of anilines is 2. The summed E-state index contributed by atoms with van der Waals surface area (Å²) >= 11 is 0. The van der Waals surface area contributed by atoms with Crippen LogP contribution in [0.4, 0.5) is 11.4 Å². The van der Waals surface area contributed by atoms with E-state index in [9.17, 15) is 0 Å². The van der Waals surface area contributed by atoms with E-state index in [1.54, 1.807) is 19.2 Å². The average molecular weight is 264 g/mol. The third kappa shape index (κ3) is 2.39. The average Bonchev–Trinajstić information content (AvgIpc) is 2.90. The Morgan fingerprint density at radius 3 is 2.65 bits per heavy atom. The molecule has 0 fully saturated rings. The summed E-state index contributed by atoms with van der Waals surface area (Å²) in [5.74, 6) is 0. The van der Waals surface area contributed by atoms with Crippen LogP contribution in [0.1, 0.15) is 11.1 Å². The molecule has 20 heavy (non-hydrogen) atoms. The predicted molar refractivity (Wildman–Crippen MR) is 78.1 cm³/mol. The van der Waals surface area contributed by atoms with Crippen molar-refractivity contribution in [3.05, 3.63) is 53.6 Å². The van der Waals surface area contributed by atoms with Gasteiger partial charge in [0, 0.05) is 18.5 Å². The maximum atomic E-state index is 8.78. The molecule has 1 heterocycles. The molecule has 2 aromatic carbocycles. The van der Waals surface area contributed by atoms with Gasteiger partial charge in [0.15, 0.2) is 0 Å². The third-order valence-electron chi connectivity index (χ3n) is 3.30. The molecular weight excluding hydrogens is 251 g/mol. The first kappa shape index (κ1) is 12.7. The second-order valence-corrected chi connectivity index (χ2v) is 4.61. The first-order chi connectivity index (χ1) is 9.80. The van der Waals surface area contributed by atoms with Crippen molar-refractivity contribution in [1.29, 1.82) is 5.26 Å². The monoisotopic (exact) mass is 264 g/mol. The molecule has 5 heteroatoms. The molecule has 1 aliphatic heterocycles. The third-order valence-corrected chi connectivity index (χ3v) is 3.30. The smallest absolute Gasteiger partial charge is 0.410 e. The maximum absolute atomic E-state index is 8.78. The van der Waals surface area contributed by atoms with E-state index in [0.717, 1.165) is 22.4 Å². The molecule has 0 unspecified atom stereocenters. The van der Waals surface area contributed by atoms with Crippen molar-refractivity contribution >= 4 is 24.0 Å². The number of nitrogens with zero attached hydrogens (tertiary/aromatic N) is 1. The fourth-order valence-electron chi connectivity index (χ4n) is 2.28. The van der Waals surface area contributed by atoms with E-state index in [-0.39, 0.29) is 7.12 Å². The molecule has 0 amide bonds. The molecule has 3 rings (SSSR count). The first-order valence-electron chi connectivity index (χ1n) is 6.34. The summed E-state index contributed by atoms with van der Waals surface area (Å²) in [7, 11) is 1.39. The Bertz CT molecular complexity index is 665. The van der Waals surface area contributed by atoms with Crippen LogP contribution < -0.4 is 10.8 Å². The first-order valence-corrected chi connectivity index (χ1v) is 6.34. The van der Waals surface area contributed by atoms with Gasteiger partial charge in [-0.3, -0.25) is 0 Å². The quantitative estimate of drug-likeness (QED) is 0.863. The van der Waals surface area contributed by atoms with Gasteiger partial charge in [-0.2, -0.15) is 5.26 Å². The van der Waals surface area contributed by atoms with E-state index in [2.05, 4.69) is 17.5 Å². The SMILES string of the molecule is COB1OCc2cc(Nc3ccc(C#N)cc3)ccc21. The molecule has 1 aliphatic rings. The van der Waals surface area contributed by atoms with Crippen molar-refractivity contribution in [2.75, 3.05) is 12.4 Å². The van der Waals surface area contributed by atoms with Gasteiger partial charge in [-0.1, -0.05) is 6.07 Å². The molecule has 1 N–H and O–H groups in total. The highest BCUT2D eigenvalue weighted by Crippen LogP contribution is 2.20. The summed E-state index contributed by atoms with van der Waals surface area (Å²) in [5.41, 5.74) is 4.81. The second kappa shape index (κ2) is 5.37. The Morgan fingerprint density at radius 1 is 1.20 bits per heavy atom. The number of benzene rings is 2. The number of fused-ring (bicyclic) bond motifs is 1. The van der Waals surface area contributed by atoms with Gasteiger partial charge in [0.2, 0.25) is 0 Å². The molecular formula is C15H13BN2O2. The lowest BCUT2D eigenvalue weighted by molar-refractivity contribution is 0.246. The van der Waals surface area contributed by atoms with E-state index in [4.69, 9.17) is 14.6 Å². The van der Waals surface area contributed by atoms with Crippen molar-refractivity contribution in [1.82, 2.24) is 0 Å². The van der Waals surface area contributed by atoms with E-state index < -0.39 is 0 Å². The van der Waals surface area contributed by atoms with Crippen molar-refractivity contribution < 1.29 is 9.31 Å². The summed E-state index contributed by atoms with van der Waals surface area (Å²) in [6, 6.07) is 15.5. The van der Waals surface area contributed by atoms with E-state index in [1.165, 1.54) is 0 Å². The highest BCUT2D eigenvalue weighted by atomic mass is 16.6. The fraction of sp³-hybridized carbons (Fsp3) is 0.133. The van der Waals surface area contributed by atoms with Crippen LogP contribution in [-0.2, 0) is 15.9 Å². The largest absolute Gasteiger partial charge is 0.494 e. The lowest BCUT2D eigenvalue weighted by atomic mass is 9.79. The van der Waals surface area contributed by atoms with Gasteiger partial charge in [-0.05, 0) is 47.4 Å². The van der Waals surface area contributed by atoms with Gasteiger partial charge >= 0.3 is 7.12 Å². The van der Waals surface area contributed by atoms with E-state index in [1.807, 2.05) is 24.3 Å². The maximum Gasteiger partial charge on any atom is 0.494 e. The number of hydrogen-bond donors (Lipinski definition) is 1. The fourth-order valence-corrected chi connectivity index (χ4v) is 2.28. The Morgan fingerprint density at radius 2 is 1.95 bits per heavy atom. The minimum absolute atomic E-state index is 0.256. The van der Waals surface area contributed by atoms with Crippen LogP contribution >= 0.6 is 0 Å². The Labute approximate surface area is 118 Å². The van der Waals surface area contributed by atoms with E-state index in [0.29, 0.717) is 12.2 Å². The lowest BCUT2D eigenvalue weighted by Gasteiger charge is -2.08. The highest BCUT2D eigenvalue weighted by Gasteiger charge is 2.29. The van der Waals surface area contributed by atoms with Crippen LogP contribution in [0, 0.1) is 11.3 Å². The minimum atomic E-state index is -0.256. The molecule has 0 saturated heterocycles. The van der Waals surface area contributed by atoms with Crippen molar-refractivity contribution in [3.8, 4) is 6.07 Å². The lowest BCUT2D eigenvalue weighted by Crippen LogP contribution is -2.30. The van der Waals surface area contributed by atoms with Crippen LogP contribution in [-0.4, -0.2) is 14.2 Å². The number of rotatable bonds is 3. The van der Waals surface area contributed by atoms with Crippen LogP contribution in [0.2, 0.25) is 0 Å². The second-order valence-electron chi connectivity index (χ2n) is 4.61. The molecule has 4 nitrogen and oxygen atoms in total. The Hall–Kier alpha value is -2.29. The van der Waals surface area contributed by atoms with Gasteiger partial charge in [-0.15, -0.1) is 0 Å². The molecule has 0 spiro atoms. The number of nitrogens with one attached hydrogen (secondary N) is 1. The highest BCUT2D eigenvalue weighted by molar-refractivity contribution is 6.62. The standard InChI is InChI=1S/C15H13BN2O2/c1-19-16-15-7-6-14(8-12(15)10-20-16)18-13-4-2-11(9-17)3-5-13/h2-8,18H,10H2,1H3. The number of nitriles is 1. The summed E-state index contributed by atoms with van der Waals surface area (Å²) in [6.45, 7) is 0.566. The molecule has 0 aliphatic carbocycles. The zero-order valence-electron chi connectivity index (χ0n) is 11.1. The summed E-state index contributed by atoms with van der Waals surface area (Å²) in [4.78, 5) is 0. The molecule has 0 radical (unpaired) electrons. The summed E-state index contributed by atoms with van der Waals surface area (Å²) < 4.78 is 10.8.